The van der Waals surface area contributed by atoms with Crippen molar-refractivity contribution < 1.29 is 9.47 Å². The molecule has 0 bridgehead atoms. The molecule has 2 aromatic rings. The maximum absolute atomic E-state index is 5.97. The lowest BCUT2D eigenvalue weighted by atomic mass is 10.2. The fraction of sp³-hybridized carbons (Fsp3) is 0.294. The average Bonchev–Trinajstić information content (AvgIpc) is 2.49. The maximum atomic E-state index is 5.97. The smallest absolute Gasteiger partial charge is 0.161 e. The van der Waals surface area contributed by atoms with Gasteiger partial charge < -0.3 is 14.8 Å². The number of hydrogen-bond acceptors (Lipinski definition) is 3. The second-order valence-electron chi connectivity index (χ2n) is 4.65. The summed E-state index contributed by atoms with van der Waals surface area (Å²) in [6, 6.07) is 13.8. The van der Waals surface area contributed by atoms with Crippen LogP contribution in [0.5, 0.6) is 11.5 Å². The van der Waals surface area contributed by atoms with Gasteiger partial charge in [0.1, 0.15) is 0 Å². The predicted molar refractivity (Wildman–Crippen MR) is 86.2 cm³/mol. The molecule has 0 aliphatic rings. The Morgan fingerprint density at radius 1 is 1.00 bits per heavy atom. The molecule has 0 fully saturated rings. The minimum atomic E-state index is 0.628. The number of ether oxygens (including phenoxy) is 2. The summed E-state index contributed by atoms with van der Waals surface area (Å²) in [7, 11) is 1.65. The first kappa shape index (κ1) is 15.7. The lowest BCUT2D eigenvalue weighted by molar-refractivity contribution is 0.310. The number of hydrogen-bond donors (Lipinski definition) is 1. The topological polar surface area (TPSA) is 30.5 Å². The monoisotopic (exact) mass is 305 g/mol. The predicted octanol–water partition coefficient (Wildman–Crippen LogP) is 4.04. The zero-order valence-corrected chi connectivity index (χ0v) is 13.1. The van der Waals surface area contributed by atoms with Gasteiger partial charge in [0, 0.05) is 18.1 Å². The second kappa shape index (κ2) is 7.91. The lowest BCUT2D eigenvalue weighted by Gasteiger charge is -2.11. The molecule has 0 radical (unpaired) electrons. The van der Waals surface area contributed by atoms with Crippen molar-refractivity contribution in [2.75, 3.05) is 13.7 Å². The van der Waals surface area contributed by atoms with E-state index in [4.69, 9.17) is 21.1 Å². The van der Waals surface area contributed by atoms with Crippen molar-refractivity contribution in [2.45, 2.75) is 20.0 Å². The summed E-state index contributed by atoms with van der Waals surface area (Å²) in [6.07, 6.45) is 0. The number of rotatable bonds is 7. The van der Waals surface area contributed by atoms with E-state index in [9.17, 15) is 0 Å². The van der Waals surface area contributed by atoms with E-state index in [1.165, 1.54) is 5.56 Å². The van der Waals surface area contributed by atoms with Crippen LogP contribution in [0.2, 0.25) is 5.02 Å². The highest BCUT2D eigenvalue weighted by atomic mass is 35.5. The Bertz CT molecular complexity index is 587. The van der Waals surface area contributed by atoms with Crippen molar-refractivity contribution in [3.05, 3.63) is 58.6 Å². The molecule has 0 aliphatic heterocycles. The van der Waals surface area contributed by atoms with Gasteiger partial charge in [-0.1, -0.05) is 29.8 Å². The van der Waals surface area contributed by atoms with Gasteiger partial charge in [-0.25, -0.2) is 0 Å². The molecule has 2 rings (SSSR count). The molecule has 21 heavy (non-hydrogen) atoms. The Labute approximate surface area is 130 Å². The highest BCUT2D eigenvalue weighted by Gasteiger charge is 2.05. The molecule has 0 amide bonds. The van der Waals surface area contributed by atoms with E-state index in [0.29, 0.717) is 6.61 Å². The van der Waals surface area contributed by atoms with E-state index in [-0.39, 0.29) is 0 Å². The Morgan fingerprint density at radius 3 is 2.43 bits per heavy atom. The van der Waals surface area contributed by atoms with Crippen molar-refractivity contribution in [2.24, 2.45) is 0 Å². The fourth-order valence-corrected chi connectivity index (χ4v) is 2.31. The van der Waals surface area contributed by atoms with Gasteiger partial charge in [-0.2, -0.15) is 0 Å². The van der Waals surface area contributed by atoms with Crippen LogP contribution in [-0.2, 0) is 13.1 Å². The molecule has 0 saturated carbocycles. The summed E-state index contributed by atoms with van der Waals surface area (Å²) in [4.78, 5) is 0. The van der Waals surface area contributed by atoms with Gasteiger partial charge in [-0.15, -0.1) is 0 Å². The fourth-order valence-electron chi connectivity index (χ4n) is 2.09. The van der Waals surface area contributed by atoms with Crippen molar-refractivity contribution in [3.63, 3.8) is 0 Å². The number of halogens is 1. The van der Waals surface area contributed by atoms with E-state index < -0.39 is 0 Å². The molecule has 0 heterocycles. The van der Waals surface area contributed by atoms with Crippen LogP contribution in [0.25, 0.3) is 0 Å². The number of benzene rings is 2. The molecule has 0 saturated heterocycles. The normalized spacial score (nSPS) is 10.4. The number of methoxy groups -OCH3 is 1. The molecule has 112 valence electrons. The van der Waals surface area contributed by atoms with Gasteiger partial charge in [0.05, 0.1) is 13.7 Å². The maximum Gasteiger partial charge on any atom is 0.161 e. The van der Waals surface area contributed by atoms with Crippen LogP contribution in [0.4, 0.5) is 0 Å². The molecule has 0 aromatic heterocycles. The molecule has 2 aromatic carbocycles. The quantitative estimate of drug-likeness (QED) is 0.837. The first-order valence-electron chi connectivity index (χ1n) is 6.97. The third-order valence-corrected chi connectivity index (χ3v) is 3.31. The third-order valence-electron chi connectivity index (χ3n) is 3.08. The van der Waals surface area contributed by atoms with Crippen LogP contribution in [0.3, 0.4) is 0 Å². The summed E-state index contributed by atoms with van der Waals surface area (Å²) in [5.74, 6) is 1.54. The van der Waals surface area contributed by atoms with Gasteiger partial charge in [-0.05, 0) is 42.3 Å². The van der Waals surface area contributed by atoms with E-state index in [1.807, 2.05) is 43.3 Å². The van der Waals surface area contributed by atoms with Gasteiger partial charge >= 0.3 is 0 Å². The number of nitrogens with one attached hydrogen (secondary N) is 1. The zero-order chi connectivity index (χ0) is 15.1. The highest BCUT2D eigenvalue weighted by Crippen LogP contribution is 2.28. The lowest BCUT2D eigenvalue weighted by Crippen LogP contribution is -2.12. The van der Waals surface area contributed by atoms with Crippen LogP contribution in [0, 0.1) is 0 Å². The first-order chi connectivity index (χ1) is 10.2. The molecule has 0 unspecified atom stereocenters. The Balaban J connectivity index is 1.94. The molecule has 0 spiro atoms. The molecule has 4 heteroatoms. The van der Waals surface area contributed by atoms with Crippen LogP contribution in [0.1, 0.15) is 18.1 Å². The van der Waals surface area contributed by atoms with Gasteiger partial charge in [0.15, 0.2) is 11.5 Å². The van der Waals surface area contributed by atoms with E-state index in [2.05, 4.69) is 11.4 Å². The molecular formula is C17H20ClNO2. The standard InChI is InChI=1S/C17H20ClNO2/c1-3-21-16-8-7-14(10-17(16)20-2)12-19-11-13-5-4-6-15(18)9-13/h4-10,19H,3,11-12H2,1-2H3. The van der Waals surface area contributed by atoms with Crippen LogP contribution < -0.4 is 14.8 Å². The van der Waals surface area contributed by atoms with Gasteiger partial charge in [0.25, 0.3) is 0 Å². The molecule has 3 nitrogen and oxygen atoms in total. The first-order valence-corrected chi connectivity index (χ1v) is 7.35. The Hall–Kier alpha value is -1.71. The Morgan fingerprint density at radius 2 is 1.76 bits per heavy atom. The van der Waals surface area contributed by atoms with Gasteiger partial charge in [-0.3, -0.25) is 0 Å². The van der Waals surface area contributed by atoms with Gasteiger partial charge in [0.2, 0.25) is 0 Å². The van der Waals surface area contributed by atoms with Crippen LogP contribution in [0.15, 0.2) is 42.5 Å². The Kier molecular flexibility index (Phi) is 5.90. The molecule has 0 aliphatic carbocycles. The van der Waals surface area contributed by atoms with E-state index in [1.54, 1.807) is 7.11 Å². The van der Waals surface area contributed by atoms with Crippen molar-refractivity contribution in [1.29, 1.82) is 0 Å². The SMILES string of the molecule is CCOc1ccc(CNCc2cccc(Cl)c2)cc1OC. The minimum absolute atomic E-state index is 0.628. The van der Waals surface area contributed by atoms with Crippen molar-refractivity contribution in [1.82, 2.24) is 5.32 Å². The van der Waals surface area contributed by atoms with Crippen LogP contribution >= 0.6 is 11.6 Å². The summed E-state index contributed by atoms with van der Waals surface area (Å²) >= 11 is 5.97. The molecule has 1 N–H and O–H groups in total. The van der Waals surface area contributed by atoms with E-state index >= 15 is 0 Å². The minimum Gasteiger partial charge on any atom is -0.493 e. The van der Waals surface area contributed by atoms with Crippen molar-refractivity contribution >= 4 is 11.6 Å². The zero-order valence-electron chi connectivity index (χ0n) is 12.4. The summed E-state index contributed by atoms with van der Waals surface area (Å²) in [5, 5.41) is 4.15. The average molecular weight is 306 g/mol. The second-order valence-corrected chi connectivity index (χ2v) is 5.09. The van der Waals surface area contributed by atoms with Crippen molar-refractivity contribution in [3.8, 4) is 11.5 Å². The summed E-state index contributed by atoms with van der Waals surface area (Å²) in [6.45, 7) is 4.12. The highest BCUT2D eigenvalue weighted by molar-refractivity contribution is 6.30. The summed E-state index contributed by atoms with van der Waals surface area (Å²) in [5.41, 5.74) is 2.32. The third kappa shape index (κ3) is 4.66. The molecular weight excluding hydrogens is 286 g/mol. The molecule has 0 atom stereocenters. The largest absolute Gasteiger partial charge is 0.493 e. The van der Waals surface area contributed by atoms with Crippen LogP contribution in [-0.4, -0.2) is 13.7 Å². The summed E-state index contributed by atoms with van der Waals surface area (Å²) < 4.78 is 10.9. The van der Waals surface area contributed by atoms with E-state index in [0.717, 1.165) is 35.2 Å².